The van der Waals surface area contributed by atoms with Gasteiger partial charge >= 0.3 is 5.97 Å². The highest BCUT2D eigenvalue weighted by molar-refractivity contribution is 6.28. The van der Waals surface area contributed by atoms with Gasteiger partial charge in [-0.25, -0.2) is 14.8 Å². The molecule has 9 heteroatoms. The van der Waals surface area contributed by atoms with Crippen molar-refractivity contribution in [2.75, 3.05) is 11.9 Å². The quantitative estimate of drug-likeness (QED) is 0.634. The van der Waals surface area contributed by atoms with Crippen LogP contribution in [0.3, 0.4) is 0 Å². The van der Waals surface area contributed by atoms with Gasteiger partial charge in [-0.15, -0.1) is 0 Å². The molecule has 1 amide bonds. The molecule has 0 aliphatic carbocycles. The molecule has 122 valence electrons. The molecular weight excluding hydrogens is 324 g/mol. The SMILES string of the molecule is CCOC(=O)c1c(C)oc(Nc2cc(C)nc(Cl)n2)c1C(N)=O. The molecule has 0 spiro atoms. The number of amides is 1. The number of halogens is 1. The summed E-state index contributed by atoms with van der Waals surface area (Å²) in [5.74, 6) is -1.02. The van der Waals surface area contributed by atoms with Gasteiger partial charge in [0.15, 0.2) is 0 Å². The molecule has 0 unspecified atom stereocenters. The second-order valence-corrected chi connectivity index (χ2v) is 4.95. The van der Waals surface area contributed by atoms with Crippen LogP contribution in [0, 0.1) is 13.8 Å². The molecule has 0 aliphatic rings. The number of aromatic nitrogens is 2. The Balaban J connectivity index is 2.48. The maximum atomic E-state index is 12.0. The zero-order valence-electron chi connectivity index (χ0n) is 12.8. The van der Waals surface area contributed by atoms with E-state index in [9.17, 15) is 9.59 Å². The molecule has 0 aliphatic heterocycles. The monoisotopic (exact) mass is 338 g/mol. The minimum absolute atomic E-state index is 0.00720. The van der Waals surface area contributed by atoms with Gasteiger partial charge in [0, 0.05) is 11.8 Å². The van der Waals surface area contributed by atoms with Crippen LogP contribution in [0.15, 0.2) is 10.5 Å². The molecule has 23 heavy (non-hydrogen) atoms. The first-order chi connectivity index (χ1) is 10.8. The first-order valence-electron chi connectivity index (χ1n) is 6.72. The number of hydrogen-bond donors (Lipinski definition) is 2. The number of carbonyl (C=O) groups is 2. The summed E-state index contributed by atoms with van der Waals surface area (Å²) in [6.07, 6.45) is 0. The van der Waals surface area contributed by atoms with Gasteiger partial charge in [0.2, 0.25) is 11.2 Å². The lowest BCUT2D eigenvalue weighted by Crippen LogP contribution is -2.18. The van der Waals surface area contributed by atoms with Crippen LogP contribution in [0.5, 0.6) is 0 Å². The lowest BCUT2D eigenvalue weighted by atomic mass is 10.1. The fourth-order valence-corrected chi connectivity index (χ4v) is 2.25. The number of carbonyl (C=O) groups excluding carboxylic acids is 2. The van der Waals surface area contributed by atoms with Crippen molar-refractivity contribution in [2.24, 2.45) is 5.73 Å². The Labute approximate surface area is 137 Å². The van der Waals surface area contributed by atoms with E-state index < -0.39 is 11.9 Å². The number of nitrogens with zero attached hydrogens (tertiary/aromatic N) is 2. The van der Waals surface area contributed by atoms with Crippen molar-refractivity contribution >= 4 is 35.2 Å². The normalized spacial score (nSPS) is 10.4. The molecule has 2 aromatic heterocycles. The van der Waals surface area contributed by atoms with E-state index >= 15 is 0 Å². The van der Waals surface area contributed by atoms with Crippen molar-refractivity contribution in [1.29, 1.82) is 0 Å². The van der Waals surface area contributed by atoms with E-state index in [2.05, 4.69) is 15.3 Å². The molecule has 0 fully saturated rings. The minimum atomic E-state index is -0.829. The largest absolute Gasteiger partial charge is 0.462 e. The van der Waals surface area contributed by atoms with Crippen molar-refractivity contribution in [2.45, 2.75) is 20.8 Å². The zero-order valence-corrected chi connectivity index (χ0v) is 13.5. The Bertz CT molecular complexity index is 752. The van der Waals surface area contributed by atoms with E-state index in [0.29, 0.717) is 11.5 Å². The molecule has 2 heterocycles. The van der Waals surface area contributed by atoms with Gasteiger partial charge in [0.25, 0.3) is 5.91 Å². The Hall–Kier alpha value is -2.61. The molecule has 0 atom stereocenters. The zero-order chi connectivity index (χ0) is 17.1. The van der Waals surface area contributed by atoms with Gasteiger partial charge in [-0.1, -0.05) is 0 Å². The van der Waals surface area contributed by atoms with Crippen LogP contribution in [0.2, 0.25) is 5.28 Å². The van der Waals surface area contributed by atoms with Crippen molar-refractivity contribution in [3.63, 3.8) is 0 Å². The molecule has 0 radical (unpaired) electrons. The number of esters is 1. The van der Waals surface area contributed by atoms with Crippen LogP contribution in [-0.4, -0.2) is 28.5 Å². The van der Waals surface area contributed by atoms with Crippen molar-refractivity contribution in [3.8, 4) is 0 Å². The number of nitrogens with two attached hydrogens (primary N) is 1. The maximum Gasteiger partial charge on any atom is 0.342 e. The smallest absolute Gasteiger partial charge is 0.342 e. The van der Waals surface area contributed by atoms with Crippen LogP contribution in [-0.2, 0) is 4.74 Å². The van der Waals surface area contributed by atoms with Crippen LogP contribution >= 0.6 is 11.6 Å². The molecule has 0 saturated heterocycles. The Kier molecular flexibility index (Phi) is 4.85. The molecule has 8 nitrogen and oxygen atoms in total. The molecule has 3 N–H and O–H groups in total. The average molecular weight is 339 g/mol. The van der Waals surface area contributed by atoms with Crippen molar-refractivity contribution < 1.29 is 18.7 Å². The number of nitrogens with one attached hydrogen (secondary N) is 1. The third-order valence-corrected chi connectivity index (χ3v) is 3.05. The number of ether oxygens (including phenoxy) is 1. The predicted molar refractivity (Wildman–Crippen MR) is 83.0 cm³/mol. The minimum Gasteiger partial charge on any atom is -0.462 e. The van der Waals surface area contributed by atoms with E-state index in [0.717, 1.165) is 0 Å². The summed E-state index contributed by atoms with van der Waals surface area (Å²) < 4.78 is 10.4. The number of primary amides is 1. The van der Waals surface area contributed by atoms with Crippen LogP contribution in [0.25, 0.3) is 0 Å². The number of anilines is 2. The van der Waals surface area contributed by atoms with Crippen molar-refractivity contribution in [1.82, 2.24) is 9.97 Å². The standard InChI is InChI=1S/C14H15ClN4O4/c1-4-22-13(21)9-7(3)23-12(10(9)11(16)20)18-8-5-6(2)17-14(15)19-8/h5H,4H2,1-3H3,(H2,16,20)(H,17,18,19). The number of furan rings is 1. The summed E-state index contributed by atoms with van der Waals surface area (Å²) >= 11 is 5.79. The first-order valence-corrected chi connectivity index (χ1v) is 7.09. The van der Waals surface area contributed by atoms with E-state index in [1.165, 1.54) is 6.92 Å². The first kappa shape index (κ1) is 16.8. The van der Waals surface area contributed by atoms with E-state index in [-0.39, 0.29) is 34.7 Å². The summed E-state index contributed by atoms with van der Waals surface area (Å²) in [5.41, 5.74) is 5.87. The lowest BCUT2D eigenvalue weighted by molar-refractivity contribution is 0.0521. The van der Waals surface area contributed by atoms with Crippen LogP contribution in [0.4, 0.5) is 11.7 Å². The summed E-state index contributed by atoms with van der Waals surface area (Å²) in [7, 11) is 0. The Morgan fingerprint density at radius 2 is 2.04 bits per heavy atom. The van der Waals surface area contributed by atoms with Crippen molar-refractivity contribution in [3.05, 3.63) is 33.9 Å². The van der Waals surface area contributed by atoms with Crippen LogP contribution < -0.4 is 11.1 Å². The van der Waals surface area contributed by atoms with Gasteiger partial charge in [0.1, 0.15) is 22.7 Å². The fourth-order valence-electron chi connectivity index (χ4n) is 2.03. The topological polar surface area (TPSA) is 120 Å². The number of hydrogen-bond acceptors (Lipinski definition) is 7. The van der Waals surface area contributed by atoms with Crippen LogP contribution in [0.1, 0.15) is 39.1 Å². The van der Waals surface area contributed by atoms with E-state index in [1.54, 1.807) is 19.9 Å². The van der Waals surface area contributed by atoms with Gasteiger partial charge in [-0.05, 0) is 32.4 Å². The second kappa shape index (κ2) is 6.66. The Morgan fingerprint density at radius 1 is 1.35 bits per heavy atom. The third kappa shape index (κ3) is 3.59. The highest BCUT2D eigenvalue weighted by Gasteiger charge is 2.28. The molecule has 2 rings (SSSR count). The number of aryl methyl sites for hydroxylation is 2. The highest BCUT2D eigenvalue weighted by atomic mass is 35.5. The van der Waals surface area contributed by atoms with Gasteiger partial charge in [-0.2, -0.15) is 0 Å². The van der Waals surface area contributed by atoms with E-state index in [4.69, 9.17) is 26.5 Å². The van der Waals surface area contributed by atoms with Gasteiger partial charge < -0.3 is 20.2 Å². The second-order valence-electron chi connectivity index (χ2n) is 4.61. The summed E-state index contributed by atoms with van der Waals surface area (Å²) in [4.78, 5) is 31.6. The highest BCUT2D eigenvalue weighted by Crippen LogP contribution is 2.30. The maximum absolute atomic E-state index is 12.0. The Morgan fingerprint density at radius 3 is 2.61 bits per heavy atom. The lowest BCUT2D eigenvalue weighted by Gasteiger charge is -2.05. The molecule has 0 bridgehead atoms. The molecule has 0 saturated carbocycles. The molecule has 0 aromatic carbocycles. The third-order valence-electron chi connectivity index (χ3n) is 2.88. The molecular formula is C14H15ClN4O4. The summed E-state index contributed by atoms with van der Waals surface area (Å²) in [6, 6.07) is 1.60. The van der Waals surface area contributed by atoms with Gasteiger partial charge in [0.05, 0.1) is 6.61 Å². The summed E-state index contributed by atoms with van der Waals surface area (Å²) in [6.45, 7) is 5.07. The summed E-state index contributed by atoms with van der Waals surface area (Å²) in [5, 5.41) is 2.81. The average Bonchev–Trinajstić information content (AvgIpc) is 2.74. The number of rotatable bonds is 5. The predicted octanol–water partition coefficient (Wildman–Crippen LogP) is 2.36. The van der Waals surface area contributed by atoms with E-state index in [1.807, 2.05) is 0 Å². The fraction of sp³-hybridized carbons (Fsp3) is 0.286. The molecule has 2 aromatic rings. The van der Waals surface area contributed by atoms with Gasteiger partial charge in [-0.3, -0.25) is 4.79 Å².